The monoisotopic (exact) mass is 342 g/mol. The molecule has 1 fully saturated rings. The van der Waals surface area contributed by atoms with Gasteiger partial charge in [0.1, 0.15) is 12.3 Å². The molecule has 2 aromatic rings. The predicted octanol–water partition coefficient (Wildman–Crippen LogP) is 2.19. The summed E-state index contributed by atoms with van der Waals surface area (Å²) in [6.45, 7) is 6.71. The number of benzene rings is 1. The molecule has 1 saturated heterocycles. The Kier molecular flexibility index (Phi) is 5.38. The lowest BCUT2D eigenvalue weighted by Crippen LogP contribution is -2.49. The first kappa shape index (κ1) is 17.5. The number of rotatable bonds is 5. The number of amides is 1. The van der Waals surface area contributed by atoms with E-state index in [4.69, 9.17) is 4.74 Å². The van der Waals surface area contributed by atoms with Crippen molar-refractivity contribution in [1.29, 1.82) is 0 Å². The zero-order valence-electron chi connectivity index (χ0n) is 15.1. The average Bonchev–Trinajstić information content (AvgIpc) is 3.08. The molecular weight excluding hydrogens is 316 g/mol. The summed E-state index contributed by atoms with van der Waals surface area (Å²) >= 11 is 0. The van der Waals surface area contributed by atoms with Gasteiger partial charge >= 0.3 is 0 Å². The summed E-state index contributed by atoms with van der Waals surface area (Å²) in [5.41, 5.74) is 1.21. The predicted molar refractivity (Wildman–Crippen MR) is 96.4 cm³/mol. The summed E-state index contributed by atoms with van der Waals surface area (Å²) < 4.78 is 7.53. The van der Waals surface area contributed by atoms with Crippen LogP contribution in [0.4, 0.5) is 0 Å². The standard InChI is InChI=1S/C19H26N4O2/c1-15(2)25-17-6-4-16(5-7-17)18-12-23(11-10-21(18)3)19(24)13-22-9-8-20-14-22/h4-9,14-15,18H,10-13H2,1-3H3. The molecule has 1 aromatic heterocycles. The molecule has 0 N–H and O–H groups in total. The largest absolute Gasteiger partial charge is 0.491 e. The fraction of sp³-hybridized carbons (Fsp3) is 0.474. The highest BCUT2D eigenvalue weighted by molar-refractivity contribution is 5.76. The van der Waals surface area contributed by atoms with Gasteiger partial charge in [0.05, 0.1) is 18.5 Å². The molecule has 6 nitrogen and oxygen atoms in total. The zero-order valence-corrected chi connectivity index (χ0v) is 15.1. The first-order chi connectivity index (χ1) is 12.0. The molecule has 6 heteroatoms. The molecule has 1 aliphatic heterocycles. The fourth-order valence-corrected chi connectivity index (χ4v) is 3.14. The minimum atomic E-state index is 0.135. The van der Waals surface area contributed by atoms with Gasteiger partial charge < -0.3 is 14.2 Å². The van der Waals surface area contributed by atoms with Crippen molar-refractivity contribution in [3.8, 4) is 5.75 Å². The molecule has 134 valence electrons. The third-order valence-corrected chi connectivity index (χ3v) is 4.51. The number of carbonyl (C=O) groups is 1. The molecule has 0 aliphatic carbocycles. The molecule has 0 bridgehead atoms. The normalized spacial score (nSPS) is 18.6. The van der Waals surface area contributed by atoms with Gasteiger partial charge in [-0.25, -0.2) is 4.98 Å². The summed E-state index contributed by atoms with van der Waals surface area (Å²) in [6.07, 6.45) is 5.36. The van der Waals surface area contributed by atoms with Gasteiger partial charge in [0.15, 0.2) is 0 Å². The van der Waals surface area contributed by atoms with Gasteiger partial charge in [-0.05, 0) is 38.6 Å². The highest BCUT2D eigenvalue weighted by Crippen LogP contribution is 2.26. The maximum atomic E-state index is 12.6. The second-order valence-corrected chi connectivity index (χ2v) is 6.81. The SMILES string of the molecule is CC(C)Oc1ccc(C2CN(C(=O)Cn3ccnc3)CCN2C)cc1. The van der Waals surface area contributed by atoms with Gasteiger partial charge in [-0.2, -0.15) is 0 Å². The van der Waals surface area contributed by atoms with Crippen LogP contribution < -0.4 is 4.74 Å². The lowest BCUT2D eigenvalue weighted by Gasteiger charge is -2.39. The van der Waals surface area contributed by atoms with E-state index >= 15 is 0 Å². The lowest BCUT2D eigenvalue weighted by atomic mass is 10.0. The summed E-state index contributed by atoms with van der Waals surface area (Å²) in [7, 11) is 2.11. The molecular formula is C19H26N4O2. The summed E-state index contributed by atoms with van der Waals surface area (Å²) in [6, 6.07) is 8.42. The van der Waals surface area contributed by atoms with Gasteiger partial charge in [0.2, 0.25) is 5.91 Å². The van der Waals surface area contributed by atoms with Crippen molar-refractivity contribution in [3.63, 3.8) is 0 Å². The second kappa shape index (κ2) is 7.70. The minimum absolute atomic E-state index is 0.135. The van der Waals surface area contributed by atoms with E-state index in [0.29, 0.717) is 13.1 Å². The Morgan fingerprint density at radius 3 is 2.68 bits per heavy atom. The van der Waals surface area contributed by atoms with Crippen molar-refractivity contribution >= 4 is 5.91 Å². The fourth-order valence-electron chi connectivity index (χ4n) is 3.14. The van der Waals surface area contributed by atoms with Crippen LogP contribution in [0.15, 0.2) is 43.0 Å². The van der Waals surface area contributed by atoms with E-state index in [0.717, 1.165) is 18.8 Å². The van der Waals surface area contributed by atoms with Crippen molar-refractivity contribution < 1.29 is 9.53 Å². The number of hydrogen-bond donors (Lipinski definition) is 0. The molecule has 2 heterocycles. The Morgan fingerprint density at radius 2 is 2.04 bits per heavy atom. The van der Waals surface area contributed by atoms with Crippen molar-refractivity contribution in [3.05, 3.63) is 48.5 Å². The molecule has 0 radical (unpaired) electrons. The quantitative estimate of drug-likeness (QED) is 0.836. The molecule has 3 rings (SSSR count). The van der Waals surface area contributed by atoms with Crippen molar-refractivity contribution in [2.75, 3.05) is 26.7 Å². The Hall–Kier alpha value is -2.34. The van der Waals surface area contributed by atoms with E-state index in [1.807, 2.05) is 41.6 Å². The van der Waals surface area contributed by atoms with E-state index < -0.39 is 0 Å². The number of ether oxygens (including phenoxy) is 1. The highest BCUT2D eigenvalue weighted by Gasteiger charge is 2.28. The number of hydrogen-bond acceptors (Lipinski definition) is 4. The second-order valence-electron chi connectivity index (χ2n) is 6.81. The lowest BCUT2D eigenvalue weighted by molar-refractivity contribution is -0.134. The Labute approximate surface area is 149 Å². The van der Waals surface area contributed by atoms with Crippen molar-refractivity contribution in [2.45, 2.75) is 32.5 Å². The number of piperazine rings is 1. The topological polar surface area (TPSA) is 50.6 Å². The molecule has 1 unspecified atom stereocenters. The van der Waals surface area contributed by atoms with E-state index in [1.165, 1.54) is 5.56 Å². The molecule has 0 spiro atoms. The number of aromatic nitrogens is 2. The Morgan fingerprint density at radius 1 is 1.28 bits per heavy atom. The van der Waals surface area contributed by atoms with E-state index in [-0.39, 0.29) is 18.1 Å². The third-order valence-electron chi connectivity index (χ3n) is 4.51. The van der Waals surface area contributed by atoms with Crippen LogP contribution in [0.2, 0.25) is 0 Å². The summed E-state index contributed by atoms with van der Waals surface area (Å²) in [5.74, 6) is 1.01. The smallest absolute Gasteiger partial charge is 0.242 e. The first-order valence-corrected chi connectivity index (χ1v) is 8.73. The van der Waals surface area contributed by atoms with Gasteiger partial charge in [-0.3, -0.25) is 9.69 Å². The van der Waals surface area contributed by atoms with E-state index in [2.05, 4.69) is 29.1 Å². The van der Waals surface area contributed by atoms with Gasteiger partial charge in [-0.15, -0.1) is 0 Å². The molecule has 1 amide bonds. The highest BCUT2D eigenvalue weighted by atomic mass is 16.5. The van der Waals surface area contributed by atoms with Crippen LogP contribution in [0.5, 0.6) is 5.75 Å². The van der Waals surface area contributed by atoms with Crippen molar-refractivity contribution in [1.82, 2.24) is 19.4 Å². The van der Waals surface area contributed by atoms with Crippen LogP contribution in [0, 0.1) is 0 Å². The first-order valence-electron chi connectivity index (χ1n) is 8.73. The number of nitrogens with zero attached hydrogens (tertiary/aromatic N) is 4. The molecule has 1 atom stereocenters. The van der Waals surface area contributed by atoms with E-state index in [1.54, 1.807) is 12.5 Å². The van der Waals surface area contributed by atoms with Crippen LogP contribution in [0.3, 0.4) is 0 Å². The van der Waals surface area contributed by atoms with Crippen LogP contribution in [-0.2, 0) is 11.3 Å². The van der Waals surface area contributed by atoms with Gasteiger partial charge in [0, 0.05) is 32.0 Å². The minimum Gasteiger partial charge on any atom is -0.491 e. The zero-order chi connectivity index (χ0) is 17.8. The van der Waals surface area contributed by atoms with Crippen LogP contribution in [0.1, 0.15) is 25.5 Å². The summed E-state index contributed by atoms with van der Waals surface area (Å²) in [5, 5.41) is 0. The van der Waals surface area contributed by atoms with Crippen LogP contribution in [-0.4, -0.2) is 58.0 Å². The van der Waals surface area contributed by atoms with Gasteiger partial charge in [0.25, 0.3) is 0 Å². The summed E-state index contributed by atoms with van der Waals surface area (Å²) in [4.78, 5) is 20.8. The molecule has 1 aliphatic rings. The maximum Gasteiger partial charge on any atom is 0.242 e. The average molecular weight is 342 g/mol. The van der Waals surface area contributed by atoms with Gasteiger partial charge in [-0.1, -0.05) is 12.1 Å². The van der Waals surface area contributed by atoms with Crippen LogP contribution >= 0.6 is 0 Å². The Bertz CT molecular complexity index is 682. The number of likely N-dealkylation sites (N-methyl/N-ethyl adjacent to an activating group) is 1. The molecule has 1 aromatic carbocycles. The van der Waals surface area contributed by atoms with Crippen LogP contribution in [0.25, 0.3) is 0 Å². The van der Waals surface area contributed by atoms with Crippen molar-refractivity contribution in [2.24, 2.45) is 0 Å². The number of carbonyl (C=O) groups excluding carboxylic acids is 1. The maximum absolute atomic E-state index is 12.6. The molecule has 0 saturated carbocycles. The number of imidazole rings is 1. The third kappa shape index (κ3) is 4.39. The molecule has 25 heavy (non-hydrogen) atoms. The Balaban J connectivity index is 1.67. The van der Waals surface area contributed by atoms with E-state index in [9.17, 15) is 4.79 Å².